The number of aryl methyl sites for hydroxylation is 1. The molecule has 3 saturated heterocycles. The van der Waals surface area contributed by atoms with Crippen LogP contribution in [0.1, 0.15) is 18.5 Å². The number of hydrogen-bond donors (Lipinski definition) is 0. The lowest BCUT2D eigenvalue weighted by Gasteiger charge is -2.62. The Kier molecular flexibility index (Phi) is 4.24. The van der Waals surface area contributed by atoms with Crippen LogP contribution in [0, 0.1) is 12.3 Å². The van der Waals surface area contributed by atoms with Crippen LogP contribution in [-0.4, -0.2) is 59.6 Å². The number of pyridine rings is 1. The second-order valence-electron chi connectivity index (χ2n) is 6.86. The van der Waals surface area contributed by atoms with Gasteiger partial charge in [-0.2, -0.15) is 0 Å². The molecule has 3 aliphatic rings. The van der Waals surface area contributed by atoms with E-state index in [1.165, 1.54) is 43.9 Å². The summed E-state index contributed by atoms with van der Waals surface area (Å²) in [7, 11) is 0. The van der Waals surface area contributed by atoms with E-state index in [4.69, 9.17) is 4.74 Å². The monoisotopic (exact) mass is 383 g/mol. The summed E-state index contributed by atoms with van der Waals surface area (Å²) in [5.74, 6) is 0. The fourth-order valence-corrected chi connectivity index (χ4v) is 5.50. The number of aromatic nitrogens is 1. The van der Waals surface area contributed by atoms with Crippen LogP contribution in [-0.2, 0) is 4.74 Å². The zero-order chi connectivity index (χ0) is 15.2. The van der Waals surface area contributed by atoms with E-state index in [0.29, 0.717) is 5.41 Å². The van der Waals surface area contributed by atoms with E-state index in [1.807, 2.05) is 18.0 Å². The summed E-state index contributed by atoms with van der Waals surface area (Å²) >= 11 is 5.29. The Balaban J connectivity index is 1.26. The van der Waals surface area contributed by atoms with Gasteiger partial charge in [-0.3, -0.25) is 4.90 Å². The molecule has 3 fully saturated rings. The van der Waals surface area contributed by atoms with Crippen molar-refractivity contribution in [3.8, 4) is 0 Å². The van der Waals surface area contributed by atoms with Crippen LogP contribution in [0.4, 0.5) is 0 Å². The van der Waals surface area contributed by atoms with E-state index in [9.17, 15) is 0 Å². The maximum Gasteiger partial charge on any atom is 0.106 e. The molecule has 4 heterocycles. The highest BCUT2D eigenvalue weighted by molar-refractivity contribution is 9.10. The van der Waals surface area contributed by atoms with E-state index in [0.717, 1.165) is 29.6 Å². The second-order valence-corrected chi connectivity index (χ2v) is 8.81. The minimum Gasteiger partial charge on any atom is -0.381 e. The van der Waals surface area contributed by atoms with Crippen molar-refractivity contribution in [3.63, 3.8) is 0 Å². The molecular weight excluding hydrogens is 362 g/mol. The predicted molar refractivity (Wildman–Crippen MR) is 92.0 cm³/mol. The smallest absolute Gasteiger partial charge is 0.106 e. The molecule has 0 aromatic carbocycles. The molecular formula is C16H22BrN3OS. The van der Waals surface area contributed by atoms with Gasteiger partial charge in [0.05, 0.1) is 5.69 Å². The van der Waals surface area contributed by atoms with E-state index in [2.05, 4.69) is 43.1 Å². The molecule has 4 nitrogen and oxygen atoms in total. The molecule has 0 aliphatic carbocycles. The van der Waals surface area contributed by atoms with Gasteiger partial charge >= 0.3 is 0 Å². The molecule has 0 saturated carbocycles. The number of hydrogen-bond acceptors (Lipinski definition) is 5. The van der Waals surface area contributed by atoms with Gasteiger partial charge in [0.2, 0.25) is 0 Å². The fraction of sp³-hybridized carbons (Fsp3) is 0.688. The van der Waals surface area contributed by atoms with Gasteiger partial charge in [-0.05, 0) is 59.8 Å². The van der Waals surface area contributed by atoms with Gasteiger partial charge in [0.25, 0.3) is 0 Å². The lowest BCUT2D eigenvalue weighted by atomic mass is 9.73. The summed E-state index contributed by atoms with van der Waals surface area (Å²) in [5.41, 5.74) is 1.68. The molecule has 0 N–H and O–H groups in total. The Morgan fingerprint density at radius 2 is 1.95 bits per heavy atom. The molecule has 0 unspecified atom stereocenters. The SMILES string of the molecule is Cc1nc(Br)ccc1SN1CC2(C1)CN(C1CCOCC1)C2. The number of nitrogens with zero attached hydrogens (tertiary/aromatic N) is 3. The molecule has 0 radical (unpaired) electrons. The first-order valence-electron chi connectivity index (χ1n) is 8.01. The lowest BCUT2D eigenvalue weighted by Crippen LogP contribution is -2.72. The molecule has 1 aromatic rings. The maximum absolute atomic E-state index is 5.47. The number of rotatable bonds is 3. The molecule has 0 atom stereocenters. The second kappa shape index (κ2) is 6.06. The van der Waals surface area contributed by atoms with Gasteiger partial charge in [0, 0.05) is 55.7 Å². The van der Waals surface area contributed by atoms with Crippen LogP contribution >= 0.6 is 27.9 Å². The van der Waals surface area contributed by atoms with Gasteiger partial charge in [-0.25, -0.2) is 9.29 Å². The maximum atomic E-state index is 5.47. The molecule has 1 spiro atoms. The highest BCUT2D eigenvalue weighted by atomic mass is 79.9. The molecule has 22 heavy (non-hydrogen) atoms. The summed E-state index contributed by atoms with van der Waals surface area (Å²) in [4.78, 5) is 8.43. The molecule has 120 valence electrons. The Morgan fingerprint density at radius 3 is 2.64 bits per heavy atom. The van der Waals surface area contributed by atoms with Gasteiger partial charge < -0.3 is 4.74 Å². The van der Waals surface area contributed by atoms with Crippen molar-refractivity contribution in [1.29, 1.82) is 0 Å². The largest absolute Gasteiger partial charge is 0.381 e. The van der Waals surface area contributed by atoms with Crippen LogP contribution in [0.15, 0.2) is 21.6 Å². The molecule has 0 amide bonds. The molecule has 1 aromatic heterocycles. The van der Waals surface area contributed by atoms with Crippen LogP contribution in [0.3, 0.4) is 0 Å². The van der Waals surface area contributed by atoms with Crippen LogP contribution in [0.2, 0.25) is 0 Å². The van der Waals surface area contributed by atoms with Crippen molar-refractivity contribution in [3.05, 3.63) is 22.4 Å². The van der Waals surface area contributed by atoms with E-state index >= 15 is 0 Å². The molecule has 6 heteroatoms. The van der Waals surface area contributed by atoms with Crippen LogP contribution in [0.25, 0.3) is 0 Å². The van der Waals surface area contributed by atoms with Crippen molar-refractivity contribution >= 4 is 27.9 Å². The zero-order valence-corrected chi connectivity index (χ0v) is 15.3. The first-order chi connectivity index (χ1) is 10.6. The Bertz CT molecular complexity index is 550. The third kappa shape index (κ3) is 2.96. The third-order valence-corrected chi connectivity index (χ3v) is 6.62. The van der Waals surface area contributed by atoms with E-state index < -0.39 is 0 Å². The zero-order valence-electron chi connectivity index (χ0n) is 12.9. The lowest BCUT2D eigenvalue weighted by molar-refractivity contribution is -0.113. The standard InChI is InChI=1S/C16H22BrN3OS/c1-12-14(2-3-15(17)18-12)22-20-10-16(11-20)8-19(9-16)13-4-6-21-7-5-13/h2-3,13H,4-11H2,1H3. The number of halogens is 1. The first kappa shape index (κ1) is 15.4. The fourth-order valence-electron chi connectivity index (χ4n) is 3.84. The van der Waals surface area contributed by atoms with Gasteiger partial charge in [0.1, 0.15) is 4.60 Å². The van der Waals surface area contributed by atoms with Crippen LogP contribution in [0.5, 0.6) is 0 Å². The normalized spacial score (nSPS) is 25.9. The Hall–Kier alpha value is -0.140. The average molecular weight is 384 g/mol. The van der Waals surface area contributed by atoms with Gasteiger partial charge in [0.15, 0.2) is 0 Å². The quantitative estimate of drug-likeness (QED) is 0.590. The molecule has 4 rings (SSSR count). The minimum absolute atomic E-state index is 0.571. The highest BCUT2D eigenvalue weighted by Crippen LogP contribution is 2.46. The summed E-state index contributed by atoms with van der Waals surface area (Å²) in [6.07, 6.45) is 2.44. The number of likely N-dealkylation sites (tertiary alicyclic amines) is 1. The Labute approximate surface area is 144 Å². The highest BCUT2D eigenvalue weighted by Gasteiger charge is 2.53. The van der Waals surface area contributed by atoms with Crippen molar-refractivity contribution in [2.45, 2.75) is 30.7 Å². The summed E-state index contributed by atoms with van der Waals surface area (Å²) in [6.45, 7) is 8.98. The summed E-state index contributed by atoms with van der Waals surface area (Å²) in [5, 5.41) is 0. The summed E-state index contributed by atoms with van der Waals surface area (Å²) < 4.78 is 8.87. The van der Waals surface area contributed by atoms with E-state index in [-0.39, 0.29) is 0 Å². The van der Waals surface area contributed by atoms with Crippen molar-refractivity contribution in [2.75, 3.05) is 39.4 Å². The first-order valence-corrected chi connectivity index (χ1v) is 9.58. The predicted octanol–water partition coefficient (Wildman–Crippen LogP) is 2.96. The van der Waals surface area contributed by atoms with Crippen molar-refractivity contribution in [2.24, 2.45) is 5.41 Å². The topological polar surface area (TPSA) is 28.6 Å². The van der Waals surface area contributed by atoms with E-state index in [1.54, 1.807) is 0 Å². The van der Waals surface area contributed by atoms with Gasteiger partial charge in [-0.15, -0.1) is 0 Å². The van der Waals surface area contributed by atoms with Crippen molar-refractivity contribution < 1.29 is 4.74 Å². The Morgan fingerprint density at radius 1 is 1.23 bits per heavy atom. The van der Waals surface area contributed by atoms with Crippen LogP contribution < -0.4 is 0 Å². The number of ether oxygens (including phenoxy) is 1. The van der Waals surface area contributed by atoms with Gasteiger partial charge in [-0.1, -0.05) is 0 Å². The van der Waals surface area contributed by atoms with Crippen molar-refractivity contribution in [1.82, 2.24) is 14.2 Å². The summed E-state index contributed by atoms with van der Waals surface area (Å²) in [6, 6.07) is 4.97. The third-order valence-electron chi connectivity index (χ3n) is 5.04. The molecule has 3 aliphatic heterocycles. The minimum atomic E-state index is 0.571. The molecule has 0 bridgehead atoms. The average Bonchev–Trinajstić information content (AvgIpc) is 2.43.